The third kappa shape index (κ3) is 3.82. The van der Waals surface area contributed by atoms with Gasteiger partial charge in [-0.25, -0.2) is 9.67 Å². The molecule has 5 rings (SSSR count). The third-order valence-electron chi connectivity index (χ3n) is 4.80. The summed E-state index contributed by atoms with van der Waals surface area (Å²) < 4.78 is 8.25. The number of aryl methyl sites for hydroxylation is 1. The van der Waals surface area contributed by atoms with Gasteiger partial charge in [0.1, 0.15) is 12.9 Å². The molecule has 0 atom stereocenters. The van der Waals surface area contributed by atoms with Crippen LogP contribution in [0.4, 0.5) is 0 Å². The highest BCUT2D eigenvalue weighted by Crippen LogP contribution is 2.17. The Kier molecular flexibility index (Phi) is 4.79. The number of nitrogens with zero attached hydrogens (tertiary/aromatic N) is 7. The van der Waals surface area contributed by atoms with Gasteiger partial charge in [0.05, 0.1) is 6.54 Å². The van der Waals surface area contributed by atoms with Gasteiger partial charge in [-0.1, -0.05) is 63.9 Å². The fourth-order valence-electron chi connectivity index (χ4n) is 3.20. The van der Waals surface area contributed by atoms with Crippen LogP contribution in [-0.4, -0.2) is 34.7 Å². The van der Waals surface area contributed by atoms with Gasteiger partial charge in [0.25, 0.3) is 5.56 Å². The van der Waals surface area contributed by atoms with Crippen LogP contribution in [0.2, 0.25) is 5.02 Å². The van der Waals surface area contributed by atoms with E-state index in [1.54, 1.807) is 10.7 Å². The van der Waals surface area contributed by atoms with Crippen molar-refractivity contribution in [3.05, 3.63) is 87.3 Å². The number of halogens is 1. The summed E-state index contributed by atoms with van der Waals surface area (Å²) in [5, 5.41) is 12.7. The highest BCUT2D eigenvalue weighted by Gasteiger charge is 2.15. The van der Waals surface area contributed by atoms with Crippen molar-refractivity contribution in [2.24, 2.45) is 0 Å². The summed E-state index contributed by atoms with van der Waals surface area (Å²) in [5.41, 5.74) is 3.14. The molecule has 0 aliphatic heterocycles. The first-order chi connectivity index (χ1) is 15.1. The summed E-state index contributed by atoms with van der Waals surface area (Å²) in [4.78, 5) is 21.6. The zero-order valence-electron chi connectivity index (χ0n) is 16.4. The lowest BCUT2D eigenvalue weighted by Crippen LogP contribution is -2.21. The van der Waals surface area contributed by atoms with E-state index in [2.05, 4.69) is 25.4 Å². The first kappa shape index (κ1) is 19.1. The first-order valence-electron chi connectivity index (χ1n) is 9.49. The van der Waals surface area contributed by atoms with Crippen LogP contribution in [0.1, 0.15) is 17.0 Å². The minimum absolute atomic E-state index is 0.0851. The van der Waals surface area contributed by atoms with Crippen molar-refractivity contribution < 1.29 is 4.52 Å². The van der Waals surface area contributed by atoms with Gasteiger partial charge in [-0.15, -0.1) is 5.10 Å². The lowest BCUT2D eigenvalue weighted by Gasteiger charge is -2.04. The number of hydrogen-bond donors (Lipinski definition) is 0. The molecule has 0 saturated heterocycles. The first-order valence-corrected chi connectivity index (χ1v) is 9.87. The summed E-state index contributed by atoms with van der Waals surface area (Å²) in [6.07, 6.45) is 1.43. The van der Waals surface area contributed by atoms with E-state index in [0.29, 0.717) is 28.9 Å². The predicted molar refractivity (Wildman–Crippen MR) is 114 cm³/mol. The maximum Gasteiger partial charge on any atom is 0.283 e. The maximum atomic E-state index is 12.9. The SMILES string of the molecule is Cc1ccc(-c2noc(Cn3cnc4c(nnn4Cc4cccc(Cl)c4)c3=O)n2)cc1. The molecule has 10 heteroatoms. The van der Waals surface area contributed by atoms with Crippen molar-refractivity contribution in [2.75, 3.05) is 0 Å². The monoisotopic (exact) mass is 433 g/mol. The standard InChI is InChI=1S/C21H16ClN7O2/c1-13-5-7-15(8-6-13)19-24-17(31-26-19)11-28-12-23-20-18(21(28)30)25-27-29(20)10-14-3-2-4-16(22)9-14/h2-9,12H,10-11H2,1H3. The Hall–Kier alpha value is -3.85. The van der Waals surface area contributed by atoms with Gasteiger partial charge in [0.15, 0.2) is 11.2 Å². The van der Waals surface area contributed by atoms with Crippen molar-refractivity contribution in [1.29, 1.82) is 0 Å². The average Bonchev–Trinajstić information content (AvgIpc) is 3.39. The Morgan fingerprint density at radius 2 is 1.94 bits per heavy atom. The molecule has 0 amide bonds. The smallest absolute Gasteiger partial charge is 0.283 e. The lowest BCUT2D eigenvalue weighted by molar-refractivity contribution is 0.369. The van der Waals surface area contributed by atoms with Gasteiger partial charge in [-0.2, -0.15) is 4.98 Å². The van der Waals surface area contributed by atoms with Gasteiger partial charge in [-0.3, -0.25) is 9.36 Å². The van der Waals surface area contributed by atoms with Crippen LogP contribution in [0.25, 0.3) is 22.6 Å². The molecule has 5 aromatic rings. The Morgan fingerprint density at radius 1 is 1.10 bits per heavy atom. The fourth-order valence-corrected chi connectivity index (χ4v) is 3.41. The molecule has 0 N–H and O–H groups in total. The molecule has 0 saturated carbocycles. The third-order valence-corrected chi connectivity index (χ3v) is 5.03. The zero-order chi connectivity index (χ0) is 21.4. The van der Waals surface area contributed by atoms with Crippen molar-refractivity contribution in [2.45, 2.75) is 20.0 Å². The Labute approximate surface area is 180 Å². The van der Waals surface area contributed by atoms with Crippen molar-refractivity contribution >= 4 is 22.8 Å². The Balaban J connectivity index is 1.41. The number of hydrogen-bond acceptors (Lipinski definition) is 7. The van der Waals surface area contributed by atoms with E-state index in [1.165, 1.54) is 10.9 Å². The fraction of sp³-hybridized carbons (Fsp3) is 0.143. The van der Waals surface area contributed by atoms with Crippen LogP contribution in [-0.2, 0) is 13.1 Å². The van der Waals surface area contributed by atoms with E-state index in [1.807, 2.05) is 49.4 Å². The van der Waals surface area contributed by atoms with E-state index < -0.39 is 0 Å². The van der Waals surface area contributed by atoms with E-state index in [0.717, 1.165) is 16.7 Å². The van der Waals surface area contributed by atoms with Crippen LogP contribution >= 0.6 is 11.6 Å². The zero-order valence-corrected chi connectivity index (χ0v) is 17.2. The number of rotatable bonds is 5. The summed E-state index contributed by atoms with van der Waals surface area (Å²) >= 11 is 6.04. The second kappa shape index (κ2) is 7.77. The minimum atomic E-state index is -0.336. The molecule has 0 aliphatic rings. The van der Waals surface area contributed by atoms with E-state index in [4.69, 9.17) is 16.1 Å². The maximum absolute atomic E-state index is 12.9. The molecule has 154 valence electrons. The second-order valence-electron chi connectivity index (χ2n) is 7.10. The van der Waals surface area contributed by atoms with E-state index >= 15 is 0 Å². The van der Waals surface area contributed by atoms with Gasteiger partial charge in [0, 0.05) is 10.6 Å². The quantitative estimate of drug-likeness (QED) is 0.419. The van der Waals surface area contributed by atoms with Crippen LogP contribution in [0.15, 0.2) is 64.2 Å². The molecule has 2 aromatic carbocycles. The van der Waals surface area contributed by atoms with Crippen molar-refractivity contribution in [3.8, 4) is 11.4 Å². The minimum Gasteiger partial charge on any atom is -0.337 e. The molecule has 0 unspecified atom stereocenters. The normalized spacial score (nSPS) is 11.3. The Bertz CT molecular complexity index is 1440. The Morgan fingerprint density at radius 3 is 2.74 bits per heavy atom. The van der Waals surface area contributed by atoms with Gasteiger partial charge in [0.2, 0.25) is 11.7 Å². The topological polar surface area (TPSA) is 105 Å². The van der Waals surface area contributed by atoms with Crippen LogP contribution in [0.5, 0.6) is 0 Å². The predicted octanol–water partition coefficient (Wildman–Crippen LogP) is 3.10. The average molecular weight is 434 g/mol. The highest BCUT2D eigenvalue weighted by atomic mass is 35.5. The lowest BCUT2D eigenvalue weighted by atomic mass is 10.1. The van der Waals surface area contributed by atoms with Crippen LogP contribution in [0.3, 0.4) is 0 Å². The van der Waals surface area contributed by atoms with Gasteiger partial charge in [-0.05, 0) is 24.6 Å². The molecule has 0 fully saturated rings. The summed E-state index contributed by atoms with van der Waals surface area (Å²) in [6.45, 7) is 2.49. The largest absolute Gasteiger partial charge is 0.337 e. The molecule has 3 aromatic heterocycles. The molecular weight excluding hydrogens is 418 g/mol. The van der Waals surface area contributed by atoms with Gasteiger partial charge >= 0.3 is 0 Å². The summed E-state index contributed by atoms with van der Waals surface area (Å²) in [7, 11) is 0. The number of benzene rings is 2. The molecule has 3 heterocycles. The summed E-state index contributed by atoms with van der Waals surface area (Å²) in [6, 6.07) is 15.2. The second-order valence-corrected chi connectivity index (χ2v) is 7.54. The highest BCUT2D eigenvalue weighted by molar-refractivity contribution is 6.30. The van der Waals surface area contributed by atoms with E-state index in [9.17, 15) is 4.79 Å². The molecule has 0 radical (unpaired) electrons. The van der Waals surface area contributed by atoms with E-state index in [-0.39, 0.29) is 17.6 Å². The molecule has 31 heavy (non-hydrogen) atoms. The van der Waals surface area contributed by atoms with Crippen LogP contribution < -0.4 is 5.56 Å². The van der Waals surface area contributed by atoms with Crippen molar-refractivity contribution in [3.63, 3.8) is 0 Å². The van der Waals surface area contributed by atoms with Crippen LogP contribution in [0, 0.1) is 6.92 Å². The molecular formula is C21H16ClN7O2. The molecule has 9 nitrogen and oxygen atoms in total. The van der Waals surface area contributed by atoms with Gasteiger partial charge < -0.3 is 4.52 Å². The molecule has 0 aliphatic carbocycles. The number of fused-ring (bicyclic) bond motifs is 1. The molecule has 0 bridgehead atoms. The van der Waals surface area contributed by atoms with Crippen molar-refractivity contribution in [1.82, 2.24) is 34.7 Å². The summed E-state index contributed by atoms with van der Waals surface area (Å²) in [5.74, 6) is 0.759. The number of aromatic nitrogens is 7. The molecule has 0 spiro atoms.